The van der Waals surface area contributed by atoms with Crippen molar-refractivity contribution in [3.63, 3.8) is 0 Å². The summed E-state index contributed by atoms with van der Waals surface area (Å²) < 4.78 is 0. The van der Waals surface area contributed by atoms with Gasteiger partial charge in [-0.3, -0.25) is 4.79 Å². The largest absolute Gasteiger partial charge is 0.365 e. The van der Waals surface area contributed by atoms with Crippen molar-refractivity contribution in [3.8, 4) is 0 Å². The molecule has 1 unspecified atom stereocenters. The van der Waals surface area contributed by atoms with Crippen molar-refractivity contribution in [2.24, 2.45) is 5.73 Å². The Balaban J connectivity index is 2.02. The van der Waals surface area contributed by atoms with Gasteiger partial charge in [-0.05, 0) is 42.5 Å². The predicted octanol–water partition coefficient (Wildman–Crippen LogP) is 3.59. The van der Waals surface area contributed by atoms with Crippen molar-refractivity contribution < 1.29 is 4.79 Å². The number of primary amides is 1. The molecular formula is C15H20N2OSSi. The van der Waals surface area contributed by atoms with Crippen molar-refractivity contribution in [2.75, 3.05) is 0 Å². The topological polar surface area (TPSA) is 56.0 Å². The van der Waals surface area contributed by atoms with E-state index < -0.39 is 8.07 Å². The molecule has 2 aromatic rings. The third-order valence-corrected chi connectivity index (χ3v) is 8.34. The van der Waals surface area contributed by atoms with E-state index >= 15 is 0 Å². The summed E-state index contributed by atoms with van der Waals surface area (Å²) in [6.07, 6.45) is 3.48. The molecule has 0 saturated heterocycles. The van der Waals surface area contributed by atoms with Crippen LogP contribution in [-0.2, 0) is 12.8 Å². The number of rotatable bonds is 2. The molecule has 0 fully saturated rings. The first-order valence-corrected chi connectivity index (χ1v) is 11.5. The number of aromatic nitrogens is 1. The second-order valence-electron chi connectivity index (χ2n) is 6.77. The van der Waals surface area contributed by atoms with E-state index in [2.05, 4.69) is 25.7 Å². The van der Waals surface area contributed by atoms with Gasteiger partial charge in [0.05, 0.1) is 4.88 Å². The van der Waals surface area contributed by atoms with Crippen LogP contribution in [-0.4, -0.2) is 19.0 Å². The SMILES string of the molecule is C[Si](C)(C)C1CCc2nc3sc(C(N)=O)cc3cc2C1. The summed E-state index contributed by atoms with van der Waals surface area (Å²) >= 11 is 1.41. The Labute approximate surface area is 124 Å². The van der Waals surface area contributed by atoms with Gasteiger partial charge in [-0.25, -0.2) is 4.98 Å². The van der Waals surface area contributed by atoms with Gasteiger partial charge >= 0.3 is 0 Å². The van der Waals surface area contributed by atoms with E-state index in [1.54, 1.807) is 0 Å². The maximum atomic E-state index is 11.3. The zero-order chi connectivity index (χ0) is 14.5. The van der Waals surface area contributed by atoms with Crippen LogP contribution in [0.1, 0.15) is 27.3 Å². The summed E-state index contributed by atoms with van der Waals surface area (Å²) in [7, 11) is -1.10. The number of nitrogens with zero attached hydrogens (tertiary/aromatic N) is 1. The molecule has 3 rings (SSSR count). The molecule has 2 heterocycles. The normalized spacial score (nSPS) is 19.1. The molecular weight excluding hydrogens is 284 g/mol. The van der Waals surface area contributed by atoms with Gasteiger partial charge < -0.3 is 5.73 Å². The molecule has 2 aromatic heterocycles. The second-order valence-corrected chi connectivity index (χ2v) is 13.3. The summed E-state index contributed by atoms with van der Waals surface area (Å²) in [4.78, 5) is 17.6. The highest BCUT2D eigenvalue weighted by molar-refractivity contribution is 7.20. The summed E-state index contributed by atoms with van der Waals surface area (Å²) in [5.41, 5.74) is 8.80. The van der Waals surface area contributed by atoms with Gasteiger partial charge in [0.15, 0.2) is 0 Å². The summed E-state index contributed by atoms with van der Waals surface area (Å²) in [6.45, 7) is 7.35. The minimum atomic E-state index is -1.10. The minimum Gasteiger partial charge on any atom is -0.365 e. The van der Waals surface area contributed by atoms with Gasteiger partial charge in [0.1, 0.15) is 4.83 Å². The molecule has 1 aliphatic rings. The van der Waals surface area contributed by atoms with E-state index in [1.807, 2.05) is 6.07 Å². The summed E-state index contributed by atoms with van der Waals surface area (Å²) in [5, 5.41) is 1.07. The number of fused-ring (bicyclic) bond motifs is 2. The Morgan fingerprint density at radius 3 is 2.80 bits per heavy atom. The van der Waals surface area contributed by atoms with Crippen molar-refractivity contribution in [3.05, 3.63) is 28.3 Å². The molecule has 106 valence electrons. The number of pyridine rings is 1. The van der Waals surface area contributed by atoms with Gasteiger partial charge in [0, 0.05) is 19.2 Å². The van der Waals surface area contributed by atoms with Crippen LogP contribution in [0.25, 0.3) is 10.2 Å². The Morgan fingerprint density at radius 1 is 1.40 bits per heavy atom. The van der Waals surface area contributed by atoms with E-state index in [0.717, 1.165) is 28.6 Å². The fraction of sp³-hybridized carbons (Fsp3) is 0.467. The first-order chi connectivity index (χ1) is 9.34. The maximum Gasteiger partial charge on any atom is 0.258 e. The maximum absolute atomic E-state index is 11.3. The zero-order valence-electron chi connectivity index (χ0n) is 12.2. The summed E-state index contributed by atoms with van der Waals surface area (Å²) in [6, 6.07) is 4.11. The van der Waals surface area contributed by atoms with Crippen LogP contribution in [0, 0.1) is 0 Å². The number of thiophene rings is 1. The lowest BCUT2D eigenvalue weighted by Crippen LogP contribution is -2.32. The number of aryl methyl sites for hydroxylation is 1. The minimum absolute atomic E-state index is 0.356. The molecule has 2 N–H and O–H groups in total. The van der Waals surface area contributed by atoms with Crippen LogP contribution in [0.2, 0.25) is 25.2 Å². The van der Waals surface area contributed by atoms with E-state index in [1.165, 1.54) is 29.0 Å². The molecule has 0 aliphatic heterocycles. The fourth-order valence-electron chi connectivity index (χ4n) is 2.98. The van der Waals surface area contributed by atoms with Gasteiger partial charge in [0.25, 0.3) is 5.91 Å². The van der Waals surface area contributed by atoms with Gasteiger partial charge in [-0.2, -0.15) is 0 Å². The number of carbonyl (C=O) groups is 1. The lowest BCUT2D eigenvalue weighted by Gasteiger charge is -2.33. The molecule has 5 heteroatoms. The van der Waals surface area contributed by atoms with Crippen LogP contribution in [0.15, 0.2) is 12.1 Å². The van der Waals surface area contributed by atoms with Crippen LogP contribution in [0.4, 0.5) is 0 Å². The molecule has 1 aliphatic carbocycles. The van der Waals surface area contributed by atoms with Crippen molar-refractivity contribution >= 4 is 35.5 Å². The third kappa shape index (κ3) is 2.40. The van der Waals surface area contributed by atoms with Gasteiger partial charge in [-0.15, -0.1) is 11.3 Å². The molecule has 0 bridgehead atoms. The van der Waals surface area contributed by atoms with Crippen LogP contribution >= 0.6 is 11.3 Å². The molecule has 20 heavy (non-hydrogen) atoms. The fourth-order valence-corrected chi connectivity index (χ4v) is 5.71. The number of hydrogen-bond donors (Lipinski definition) is 1. The average molecular weight is 304 g/mol. The highest BCUT2D eigenvalue weighted by Crippen LogP contribution is 2.37. The van der Waals surface area contributed by atoms with Crippen molar-refractivity contribution in [1.82, 2.24) is 4.98 Å². The molecule has 3 nitrogen and oxygen atoms in total. The van der Waals surface area contributed by atoms with Crippen LogP contribution < -0.4 is 5.73 Å². The first kappa shape index (κ1) is 13.8. The predicted molar refractivity (Wildman–Crippen MR) is 87.3 cm³/mol. The number of nitrogens with two attached hydrogens (primary N) is 1. The monoisotopic (exact) mass is 304 g/mol. The highest BCUT2D eigenvalue weighted by Gasteiger charge is 2.31. The van der Waals surface area contributed by atoms with E-state index in [0.29, 0.717) is 4.88 Å². The van der Waals surface area contributed by atoms with E-state index in [-0.39, 0.29) is 5.91 Å². The molecule has 0 radical (unpaired) electrons. The van der Waals surface area contributed by atoms with Crippen molar-refractivity contribution in [2.45, 2.75) is 44.4 Å². The van der Waals surface area contributed by atoms with Crippen molar-refractivity contribution in [1.29, 1.82) is 0 Å². The van der Waals surface area contributed by atoms with Crippen LogP contribution in [0.5, 0.6) is 0 Å². The smallest absolute Gasteiger partial charge is 0.258 e. The number of amides is 1. The average Bonchev–Trinajstić information content (AvgIpc) is 2.77. The van der Waals surface area contributed by atoms with Crippen LogP contribution in [0.3, 0.4) is 0 Å². The first-order valence-electron chi connectivity index (χ1n) is 7.07. The van der Waals surface area contributed by atoms with Gasteiger partial charge in [-0.1, -0.05) is 19.6 Å². The molecule has 0 spiro atoms. The van der Waals surface area contributed by atoms with E-state index in [9.17, 15) is 4.79 Å². The summed E-state index contributed by atoms with van der Waals surface area (Å²) in [5.74, 6) is -0.356. The molecule has 0 aromatic carbocycles. The lowest BCUT2D eigenvalue weighted by atomic mass is 9.95. The van der Waals surface area contributed by atoms with E-state index in [4.69, 9.17) is 10.7 Å². The standard InChI is InChI=1S/C15H20N2OSSi/c1-20(2,3)11-4-5-12-9(7-11)6-10-8-13(14(16)18)19-15(10)17-12/h6,8,11H,4-5,7H2,1-3H3,(H2,16,18). The number of hydrogen-bond acceptors (Lipinski definition) is 3. The molecule has 1 amide bonds. The molecule has 1 atom stereocenters. The number of carbonyl (C=O) groups excluding carboxylic acids is 1. The lowest BCUT2D eigenvalue weighted by molar-refractivity contribution is 0.100. The molecule has 0 saturated carbocycles. The Hall–Kier alpha value is -1.20. The third-order valence-electron chi connectivity index (χ3n) is 4.34. The Morgan fingerprint density at radius 2 is 2.15 bits per heavy atom. The second kappa shape index (κ2) is 4.67. The van der Waals surface area contributed by atoms with Gasteiger partial charge in [0.2, 0.25) is 0 Å². The highest BCUT2D eigenvalue weighted by atomic mass is 32.1. The zero-order valence-corrected chi connectivity index (χ0v) is 14.0. The Kier molecular flexibility index (Phi) is 3.21. The Bertz CT molecular complexity index is 687. The quantitative estimate of drug-likeness (QED) is 0.862.